The van der Waals surface area contributed by atoms with Crippen molar-refractivity contribution in [3.63, 3.8) is 0 Å². The van der Waals surface area contributed by atoms with Gasteiger partial charge in [-0.25, -0.2) is 9.97 Å². The Labute approximate surface area is 174 Å². The first-order valence-electron chi connectivity index (χ1n) is 9.68. The van der Waals surface area contributed by atoms with E-state index in [1.54, 1.807) is 12.1 Å². The average molecular weight is 401 g/mol. The zero-order chi connectivity index (χ0) is 20.9. The molecule has 30 heavy (non-hydrogen) atoms. The van der Waals surface area contributed by atoms with Crippen molar-refractivity contribution in [3.8, 4) is 5.88 Å². The summed E-state index contributed by atoms with van der Waals surface area (Å²) in [4.78, 5) is 20.8. The number of ether oxygens (including phenoxy) is 1. The van der Waals surface area contributed by atoms with Crippen molar-refractivity contribution in [2.24, 2.45) is 12.8 Å². The Kier molecular flexibility index (Phi) is 5.72. The number of nitrogens with zero attached hydrogens (tertiary/aromatic N) is 3. The van der Waals surface area contributed by atoms with Crippen LogP contribution >= 0.6 is 0 Å². The number of fused-ring (bicyclic) bond motifs is 1. The van der Waals surface area contributed by atoms with Gasteiger partial charge in [-0.1, -0.05) is 30.3 Å². The minimum atomic E-state index is -0.130. The second-order valence-corrected chi connectivity index (χ2v) is 6.98. The second kappa shape index (κ2) is 8.75. The molecule has 152 valence electrons. The number of rotatable bonds is 7. The molecule has 0 saturated heterocycles. The maximum atomic E-state index is 12.7. The molecule has 4 aromatic rings. The Morgan fingerprint density at radius 2 is 1.97 bits per heavy atom. The molecule has 0 aliphatic carbocycles. The highest BCUT2D eigenvalue weighted by molar-refractivity contribution is 5.94. The maximum absolute atomic E-state index is 12.7. The van der Waals surface area contributed by atoms with Crippen LogP contribution in [0.4, 0.5) is 0 Å². The van der Waals surface area contributed by atoms with Gasteiger partial charge in [0.1, 0.15) is 12.9 Å². The fraction of sp³-hybridized carbons (Fsp3) is 0.174. The summed E-state index contributed by atoms with van der Waals surface area (Å²) < 4.78 is 7.80. The summed E-state index contributed by atoms with van der Waals surface area (Å²) in [5.41, 5.74) is 9.94. The molecule has 2 aromatic carbocycles. The fourth-order valence-electron chi connectivity index (χ4n) is 3.32. The smallest absolute Gasteiger partial charge is 0.251 e. The van der Waals surface area contributed by atoms with E-state index in [1.807, 2.05) is 37.4 Å². The van der Waals surface area contributed by atoms with E-state index in [4.69, 9.17) is 10.5 Å². The van der Waals surface area contributed by atoms with E-state index in [-0.39, 0.29) is 5.91 Å². The summed E-state index contributed by atoms with van der Waals surface area (Å²) in [7, 11) is 2.00. The molecule has 0 bridgehead atoms. The number of carbonyl (C=O) groups excluding carboxylic acids is 1. The van der Waals surface area contributed by atoms with E-state index < -0.39 is 0 Å². The van der Waals surface area contributed by atoms with Crippen LogP contribution in [0.15, 0.2) is 67.0 Å². The van der Waals surface area contributed by atoms with Gasteiger partial charge in [0.2, 0.25) is 5.88 Å². The van der Waals surface area contributed by atoms with E-state index in [2.05, 4.69) is 38.1 Å². The number of carbonyl (C=O) groups is 1. The number of hydrogen-bond donors (Lipinski definition) is 2. The highest BCUT2D eigenvalue weighted by Gasteiger charge is 2.10. The Bertz CT molecular complexity index is 1190. The highest BCUT2D eigenvalue weighted by Crippen LogP contribution is 2.18. The first kappa shape index (κ1) is 19.6. The third-order valence-electron chi connectivity index (χ3n) is 4.96. The largest absolute Gasteiger partial charge is 0.473 e. The number of benzene rings is 2. The second-order valence-electron chi connectivity index (χ2n) is 6.98. The van der Waals surface area contributed by atoms with Crippen LogP contribution in [0.3, 0.4) is 0 Å². The van der Waals surface area contributed by atoms with Crippen LogP contribution in [0, 0.1) is 0 Å². The lowest BCUT2D eigenvalue weighted by atomic mass is 10.1. The summed E-state index contributed by atoms with van der Waals surface area (Å²) in [6.45, 7) is 1.07. The average Bonchev–Trinajstić information content (AvgIpc) is 3.12. The number of para-hydroxylation sites is 1. The van der Waals surface area contributed by atoms with Gasteiger partial charge >= 0.3 is 0 Å². The van der Waals surface area contributed by atoms with Crippen LogP contribution in [-0.4, -0.2) is 20.4 Å². The number of aromatic nitrogens is 3. The number of hydrogen-bond acceptors (Lipinski definition) is 5. The Hall–Kier alpha value is -3.71. The van der Waals surface area contributed by atoms with E-state index in [0.29, 0.717) is 36.8 Å². The van der Waals surface area contributed by atoms with Gasteiger partial charge < -0.3 is 20.4 Å². The van der Waals surface area contributed by atoms with Gasteiger partial charge in [-0.2, -0.15) is 0 Å². The van der Waals surface area contributed by atoms with Gasteiger partial charge in [-0.3, -0.25) is 4.79 Å². The first-order valence-corrected chi connectivity index (χ1v) is 9.68. The molecule has 7 heteroatoms. The normalized spacial score (nSPS) is 10.9. The van der Waals surface area contributed by atoms with Crippen molar-refractivity contribution in [1.82, 2.24) is 19.9 Å². The molecule has 0 aliphatic heterocycles. The van der Waals surface area contributed by atoms with Gasteiger partial charge in [-0.15, -0.1) is 0 Å². The first-order chi connectivity index (χ1) is 14.6. The molecule has 2 aromatic heterocycles. The molecule has 3 N–H and O–H groups in total. The number of aryl methyl sites for hydroxylation is 1. The van der Waals surface area contributed by atoms with Gasteiger partial charge in [0.25, 0.3) is 5.91 Å². The topological polar surface area (TPSA) is 95.1 Å². The summed E-state index contributed by atoms with van der Waals surface area (Å²) in [6.07, 6.45) is 1.43. The summed E-state index contributed by atoms with van der Waals surface area (Å²) in [5.74, 6) is 0.325. The van der Waals surface area contributed by atoms with E-state index in [1.165, 1.54) is 6.33 Å². The van der Waals surface area contributed by atoms with E-state index in [9.17, 15) is 4.79 Å². The SMILES string of the molecule is Cn1c(CNC(=O)c2cccc(COc3cc(CN)ncn3)c2)cc2ccccc21. The molecule has 0 unspecified atom stereocenters. The molecule has 7 nitrogen and oxygen atoms in total. The zero-order valence-corrected chi connectivity index (χ0v) is 16.7. The van der Waals surface area contributed by atoms with Crippen LogP contribution in [0.25, 0.3) is 10.9 Å². The Morgan fingerprint density at radius 3 is 2.80 bits per heavy atom. The third-order valence-corrected chi connectivity index (χ3v) is 4.96. The van der Waals surface area contributed by atoms with Gasteiger partial charge in [-0.05, 0) is 35.2 Å². The molecule has 4 rings (SSSR count). The van der Waals surface area contributed by atoms with Gasteiger partial charge in [0, 0.05) is 36.4 Å². The number of amides is 1. The van der Waals surface area contributed by atoms with E-state index in [0.717, 1.165) is 22.2 Å². The lowest BCUT2D eigenvalue weighted by Gasteiger charge is -2.09. The van der Waals surface area contributed by atoms with Crippen LogP contribution in [0.2, 0.25) is 0 Å². The minimum absolute atomic E-state index is 0.130. The summed E-state index contributed by atoms with van der Waals surface area (Å²) >= 11 is 0. The molecule has 0 radical (unpaired) electrons. The standard InChI is InChI=1S/C23H23N5O2/c1-28-20(10-17-6-2-3-8-21(17)28)13-25-23(29)18-7-4-5-16(9-18)14-30-22-11-19(12-24)26-15-27-22/h2-11,15H,12-14,24H2,1H3,(H,25,29). The molecule has 2 heterocycles. The van der Waals surface area contributed by atoms with Crippen molar-refractivity contribution < 1.29 is 9.53 Å². The van der Waals surface area contributed by atoms with Crippen molar-refractivity contribution in [2.45, 2.75) is 19.7 Å². The van der Waals surface area contributed by atoms with Crippen LogP contribution in [-0.2, 0) is 26.7 Å². The molecular weight excluding hydrogens is 378 g/mol. The Balaban J connectivity index is 1.40. The van der Waals surface area contributed by atoms with Crippen LogP contribution < -0.4 is 15.8 Å². The van der Waals surface area contributed by atoms with Gasteiger partial charge in [0.15, 0.2) is 0 Å². The lowest BCUT2D eigenvalue weighted by Crippen LogP contribution is -2.24. The molecule has 0 atom stereocenters. The summed E-state index contributed by atoms with van der Waals surface area (Å²) in [5, 5.41) is 4.16. The van der Waals surface area contributed by atoms with E-state index >= 15 is 0 Å². The summed E-state index contributed by atoms with van der Waals surface area (Å²) in [6, 6.07) is 19.3. The monoisotopic (exact) mass is 401 g/mol. The molecular formula is C23H23N5O2. The number of nitrogens with two attached hydrogens (primary N) is 1. The quantitative estimate of drug-likeness (QED) is 0.496. The molecule has 0 aliphatic rings. The predicted molar refractivity (Wildman–Crippen MR) is 115 cm³/mol. The predicted octanol–water partition coefficient (Wildman–Crippen LogP) is 2.94. The molecule has 0 fully saturated rings. The molecule has 0 saturated carbocycles. The van der Waals surface area contributed by atoms with Crippen molar-refractivity contribution >= 4 is 16.8 Å². The molecule has 1 amide bonds. The Morgan fingerprint density at radius 1 is 1.10 bits per heavy atom. The molecule has 0 spiro atoms. The lowest BCUT2D eigenvalue weighted by molar-refractivity contribution is 0.0950. The van der Waals surface area contributed by atoms with Crippen LogP contribution in [0.5, 0.6) is 5.88 Å². The van der Waals surface area contributed by atoms with Crippen molar-refractivity contribution in [3.05, 3.63) is 89.5 Å². The number of nitrogens with one attached hydrogen (secondary N) is 1. The van der Waals surface area contributed by atoms with Crippen molar-refractivity contribution in [2.75, 3.05) is 0 Å². The fourth-order valence-corrected chi connectivity index (χ4v) is 3.32. The van der Waals surface area contributed by atoms with Crippen molar-refractivity contribution in [1.29, 1.82) is 0 Å². The maximum Gasteiger partial charge on any atom is 0.251 e. The zero-order valence-electron chi connectivity index (χ0n) is 16.7. The highest BCUT2D eigenvalue weighted by atomic mass is 16.5. The minimum Gasteiger partial charge on any atom is -0.473 e. The third kappa shape index (κ3) is 4.31. The van der Waals surface area contributed by atoms with Gasteiger partial charge in [0.05, 0.1) is 12.2 Å². The van der Waals surface area contributed by atoms with Crippen LogP contribution in [0.1, 0.15) is 27.3 Å².